The fourth-order valence-corrected chi connectivity index (χ4v) is 5.28. The topological polar surface area (TPSA) is 87.1 Å². The zero-order valence-corrected chi connectivity index (χ0v) is 18.0. The fraction of sp³-hybridized carbons (Fsp3) is 0.478. The molecule has 7 heteroatoms. The molecule has 2 aromatic rings. The maximum atomic E-state index is 8.74. The standard InChI is InChI=1S/C23H27NO.H2O4S/c1-24-18-12-13-19(24)15-20(14-18)25-23-21-8-4-2-6-16(21)10-11-17-7-3-5-9-22(17)23;1-5(2,3)4/h2-9,18-20,23H,10-15H2,1H3;(H2,1,2,3,4)/t18-,19+,20?;. The first-order chi connectivity index (χ1) is 14.3. The summed E-state index contributed by atoms with van der Waals surface area (Å²) < 4.78 is 38.5. The molecule has 2 saturated heterocycles. The second kappa shape index (κ2) is 8.77. The van der Waals surface area contributed by atoms with E-state index in [0.717, 1.165) is 24.9 Å². The Labute approximate surface area is 178 Å². The van der Waals surface area contributed by atoms with Crippen LogP contribution < -0.4 is 0 Å². The molecule has 162 valence electrons. The van der Waals surface area contributed by atoms with E-state index in [9.17, 15) is 0 Å². The van der Waals surface area contributed by atoms with Crippen molar-refractivity contribution in [1.82, 2.24) is 4.90 Å². The van der Waals surface area contributed by atoms with Gasteiger partial charge in [0.2, 0.25) is 0 Å². The van der Waals surface area contributed by atoms with Gasteiger partial charge in [-0.15, -0.1) is 0 Å². The van der Waals surface area contributed by atoms with Gasteiger partial charge in [0.15, 0.2) is 0 Å². The lowest BCUT2D eigenvalue weighted by atomic mass is 9.95. The van der Waals surface area contributed by atoms with Gasteiger partial charge in [0.05, 0.1) is 6.10 Å². The second-order valence-electron chi connectivity index (χ2n) is 8.51. The van der Waals surface area contributed by atoms with Crippen LogP contribution in [-0.4, -0.2) is 47.7 Å². The van der Waals surface area contributed by atoms with Crippen LogP contribution >= 0.6 is 0 Å². The summed E-state index contributed by atoms with van der Waals surface area (Å²) in [5.41, 5.74) is 5.69. The summed E-state index contributed by atoms with van der Waals surface area (Å²) in [4.78, 5) is 2.59. The number of hydrogen-bond acceptors (Lipinski definition) is 4. The predicted octanol–water partition coefficient (Wildman–Crippen LogP) is 3.86. The van der Waals surface area contributed by atoms with Crippen molar-refractivity contribution in [3.8, 4) is 0 Å². The fourth-order valence-electron chi connectivity index (χ4n) is 5.28. The molecule has 0 aromatic heterocycles. The summed E-state index contributed by atoms with van der Waals surface area (Å²) in [6.07, 6.45) is 7.79. The molecular formula is C23H29NO5S. The van der Waals surface area contributed by atoms with Crippen molar-refractivity contribution >= 4 is 10.4 Å². The van der Waals surface area contributed by atoms with Crippen LogP contribution in [0.3, 0.4) is 0 Å². The normalized spacial score (nSPS) is 26.2. The summed E-state index contributed by atoms with van der Waals surface area (Å²) in [7, 11) is -2.37. The largest absolute Gasteiger partial charge is 0.394 e. The average Bonchev–Trinajstić information content (AvgIpc) is 2.87. The van der Waals surface area contributed by atoms with E-state index in [4.69, 9.17) is 22.3 Å². The molecule has 0 spiro atoms. The van der Waals surface area contributed by atoms with Gasteiger partial charge >= 0.3 is 10.4 Å². The molecule has 2 aromatic carbocycles. The van der Waals surface area contributed by atoms with Crippen molar-refractivity contribution in [2.24, 2.45) is 0 Å². The van der Waals surface area contributed by atoms with Gasteiger partial charge in [0.1, 0.15) is 6.10 Å². The lowest BCUT2D eigenvalue weighted by Crippen LogP contribution is -2.43. The first-order valence-corrected chi connectivity index (χ1v) is 11.9. The molecule has 2 bridgehead atoms. The monoisotopic (exact) mass is 431 g/mol. The summed E-state index contributed by atoms with van der Waals surface area (Å²) in [6, 6.07) is 19.3. The van der Waals surface area contributed by atoms with Crippen LogP contribution in [0.25, 0.3) is 0 Å². The number of piperidine rings is 1. The second-order valence-corrected chi connectivity index (χ2v) is 9.40. The smallest absolute Gasteiger partial charge is 0.365 e. The minimum absolute atomic E-state index is 0.0997. The molecule has 1 aliphatic carbocycles. The molecule has 0 amide bonds. The van der Waals surface area contributed by atoms with Gasteiger partial charge < -0.3 is 9.64 Å². The van der Waals surface area contributed by atoms with E-state index in [0.29, 0.717) is 6.10 Å². The third kappa shape index (κ3) is 4.92. The molecule has 3 atom stereocenters. The third-order valence-corrected chi connectivity index (χ3v) is 6.72. The average molecular weight is 432 g/mol. The van der Waals surface area contributed by atoms with Crippen molar-refractivity contribution in [3.05, 3.63) is 70.8 Å². The van der Waals surface area contributed by atoms with Gasteiger partial charge in [0, 0.05) is 12.1 Å². The summed E-state index contributed by atoms with van der Waals surface area (Å²) in [6.45, 7) is 0. The van der Waals surface area contributed by atoms with Crippen molar-refractivity contribution < 1.29 is 22.3 Å². The highest BCUT2D eigenvalue weighted by Gasteiger charge is 2.40. The highest BCUT2D eigenvalue weighted by Crippen LogP contribution is 2.41. The maximum Gasteiger partial charge on any atom is 0.394 e. The van der Waals surface area contributed by atoms with E-state index >= 15 is 0 Å². The van der Waals surface area contributed by atoms with Gasteiger partial charge in [-0.05, 0) is 67.8 Å². The molecule has 0 radical (unpaired) electrons. The number of benzene rings is 2. The molecule has 0 saturated carbocycles. The summed E-state index contributed by atoms with van der Waals surface area (Å²) in [5.74, 6) is 0. The van der Waals surface area contributed by atoms with Crippen LogP contribution in [0, 0.1) is 0 Å². The Hall–Kier alpha value is -1.77. The van der Waals surface area contributed by atoms with E-state index in [2.05, 4.69) is 60.5 Å². The minimum Gasteiger partial charge on any atom is -0.365 e. The summed E-state index contributed by atoms with van der Waals surface area (Å²) >= 11 is 0. The molecule has 2 N–H and O–H groups in total. The first kappa shape index (κ1) is 21.5. The highest BCUT2D eigenvalue weighted by atomic mass is 32.3. The molecule has 2 heterocycles. The number of fused-ring (bicyclic) bond motifs is 4. The Kier molecular flexibility index (Phi) is 6.27. The number of nitrogens with zero attached hydrogens (tertiary/aromatic N) is 1. The van der Waals surface area contributed by atoms with Crippen LogP contribution in [0.4, 0.5) is 0 Å². The molecule has 2 fully saturated rings. The van der Waals surface area contributed by atoms with Crippen molar-refractivity contribution in [2.75, 3.05) is 7.05 Å². The van der Waals surface area contributed by atoms with E-state index in [-0.39, 0.29) is 6.10 Å². The van der Waals surface area contributed by atoms with E-state index in [1.165, 1.54) is 47.9 Å². The Balaban J connectivity index is 0.000000393. The van der Waals surface area contributed by atoms with Gasteiger partial charge in [0.25, 0.3) is 0 Å². The lowest BCUT2D eigenvalue weighted by molar-refractivity contribution is -0.0428. The molecule has 2 aliphatic heterocycles. The van der Waals surface area contributed by atoms with Crippen LogP contribution in [0.5, 0.6) is 0 Å². The van der Waals surface area contributed by atoms with Gasteiger partial charge in [-0.25, -0.2) is 0 Å². The van der Waals surface area contributed by atoms with Gasteiger partial charge in [-0.3, -0.25) is 9.11 Å². The minimum atomic E-state index is -4.67. The third-order valence-electron chi connectivity index (χ3n) is 6.72. The summed E-state index contributed by atoms with van der Waals surface area (Å²) in [5, 5.41) is 0. The first-order valence-electron chi connectivity index (χ1n) is 10.5. The molecule has 5 rings (SSSR count). The van der Waals surface area contributed by atoms with Crippen molar-refractivity contribution in [1.29, 1.82) is 0 Å². The van der Waals surface area contributed by atoms with Crippen molar-refractivity contribution in [3.63, 3.8) is 0 Å². The van der Waals surface area contributed by atoms with Crippen molar-refractivity contribution in [2.45, 2.75) is 62.8 Å². The Morgan fingerprint density at radius 2 is 1.30 bits per heavy atom. The van der Waals surface area contributed by atoms with Crippen LogP contribution in [0.1, 0.15) is 54.0 Å². The number of aryl methyl sites for hydroxylation is 2. The van der Waals surface area contributed by atoms with Crippen LogP contribution in [-0.2, 0) is 28.0 Å². The zero-order chi connectivity index (χ0) is 21.3. The van der Waals surface area contributed by atoms with Gasteiger partial charge in [-0.1, -0.05) is 48.5 Å². The molecule has 30 heavy (non-hydrogen) atoms. The van der Waals surface area contributed by atoms with Crippen LogP contribution in [0.2, 0.25) is 0 Å². The highest BCUT2D eigenvalue weighted by molar-refractivity contribution is 7.79. The SMILES string of the molecule is CN1[C@@H]2CC[C@H]1CC(OC1c3ccccc3CCc3ccccc31)C2.O=S(=O)(O)O. The van der Waals surface area contributed by atoms with Gasteiger partial charge in [-0.2, -0.15) is 8.42 Å². The molecule has 6 nitrogen and oxygen atoms in total. The predicted molar refractivity (Wildman–Crippen MR) is 115 cm³/mol. The van der Waals surface area contributed by atoms with Crippen LogP contribution in [0.15, 0.2) is 48.5 Å². The number of ether oxygens (including phenoxy) is 1. The Morgan fingerprint density at radius 1 is 0.867 bits per heavy atom. The molecule has 3 aliphatic rings. The Bertz CT molecular complexity index is 923. The zero-order valence-electron chi connectivity index (χ0n) is 17.1. The number of rotatable bonds is 2. The number of hydrogen-bond donors (Lipinski definition) is 2. The lowest BCUT2D eigenvalue weighted by Gasteiger charge is -2.38. The van der Waals surface area contributed by atoms with E-state index in [1.54, 1.807) is 0 Å². The van der Waals surface area contributed by atoms with E-state index in [1.807, 2.05) is 0 Å². The molecule has 1 unspecified atom stereocenters. The van der Waals surface area contributed by atoms with E-state index < -0.39 is 10.4 Å². The molecular weight excluding hydrogens is 402 g/mol. The Morgan fingerprint density at radius 3 is 1.77 bits per heavy atom. The maximum absolute atomic E-state index is 8.74. The quantitative estimate of drug-likeness (QED) is 0.702.